The summed E-state index contributed by atoms with van der Waals surface area (Å²) in [6.45, 7) is 4.11. The number of hydrogen-bond acceptors (Lipinski definition) is 4. The first kappa shape index (κ1) is 14.3. The second kappa shape index (κ2) is 6.41. The largest absolute Gasteiger partial charge is 0.381 e. The van der Waals surface area contributed by atoms with Crippen molar-refractivity contribution in [3.05, 3.63) is 39.3 Å². The van der Waals surface area contributed by atoms with E-state index in [9.17, 15) is 4.79 Å². The summed E-state index contributed by atoms with van der Waals surface area (Å²) in [6, 6.07) is 4.19. The van der Waals surface area contributed by atoms with Gasteiger partial charge in [0.25, 0.3) is 5.91 Å². The van der Waals surface area contributed by atoms with Crippen molar-refractivity contribution in [3.8, 4) is 0 Å². The quantitative estimate of drug-likeness (QED) is 0.891. The molecule has 0 saturated carbocycles. The zero-order valence-electron chi connectivity index (χ0n) is 12.0. The molecule has 0 spiro atoms. The average Bonchev–Trinajstić information content (AvgIpc) is 3.24. The predicted molar refractivity (Wildman–Crippen MR) is 81.6 cm³/mol. The van der Waals surface area contributed by atoms with Crippen LogP contribution in [-0.2, 0) is 17.7 Å². The maximum atomic E-state index is 12.3. The fourth-order valence-corrected chi connectivity index (χ4v) is 3.42. The van der Waals surface area contributed by atoms with Crippen LogP contribution >= 0.6 is 11.3 Å². The first-order valence-corrected chi connectivity index (χ1v) is 8.06. The standard InChI is InChI=1S/C15H19N3O2S/c1-2-11-3-4-12(21-11)7-16-15(19)13-8-17-18-14(13)10-5-6-20-9-10/h3-4,8,10H,2,5-7,9H2,1H3,(H,16,19)(H,17,18)/t10-/m1/s1. The maximum Gasteiger partial charge on any atom is 0.255 e. The van der Waals surface area contributed by atoms with E-state index in [2.05, 4.69) is 34.6 Å². The van der Waals surface area contributed by atoms with Gasteiger partial charge in [0.15, 0.2) is 0 Å². The van der Waals surface area contributed by atoms with E-state index >= 15 is 0 Å². The highest BCUT2D eigenvalue weighted by atomic mass is 32.1. The van der Waals surface area contributed by atoms with Gasteiger partial charge in [-0.3, -0.25) is 9.89 Å². The van der Waals surface area contributed by atoms with Crippen molar-refractivity contribution in [2.24, 2.45) is 0 Å². The van der Waals surface area contributed by atoms with E-state index in [1.807, 2.05) is 0 Å². The second-order valence-corrected chi connectivity index (χ2v) is 6.41. The predicted octanol–water partition coefficient (Wildman–Crippen LogP) is 2.47. The van der Waals surface area contributed by atoms with E-state index in [-0.39, 0.29) is 11.8 Å². The molecular formula is C15H19N3O2S. The molecule has 0 unspecified atom stereocenters. The highest BCUT2D eigenvalue weighted by molar-refractivity contribution is 7.11. The van der Waals surface area contributed by atoms with Crippen LogP contribution in [0, 0.1) is 0 Å². The van der Waals surface area contributed by atoms with E-state index in [0.29, 0.717) is 18.7 Å². The Balaban J connectivity index is 1.64. The molecule has 0 aromatic carbocycles. The highest BCUT2D eigenvalue weighted by Crippen LogP contribution is 2.26. The van der Waals surface area contributed by atoms with Crippen molar-refractivity contribution in [1.29, 1.82) is 0 Å². The van der Waals surface area contributed by atoms with Gasteiger partial charge in [0.2, 0.25) is 0 Å². The van der Waals surface area contributed by atoms with Crippen LogP contribution in [-0.4, -0.2) is 29.3 Å². The molecule has 1 saturated heterocycles. The summed E-state index contributed by atoms with van der Waals surface area (Å²) < 4.78 is 5.38. The summed E-state index contributed by atoms with van der Waals surface area (Å²) in [5, 5.41) is 9.95. The molecule has 1 aliphatic heterocycles. The third-order valence-corrected chi connectivity index (χ3v) is 4.97. The number of H-pyrrole nitrogens is 1. The Morgan fingerprint density at radius 1 is 1.52 bits per heavy atom. The summed E-state index contributed by atoms with van der Waals surface area (Å²) in [7, 11) is 0. The number of rotatable bonds is 5. The molecule has 0 aliphatic carbocycles. The summed E-state index contributed by atoms with van der Waals surface area (Å²) in [6.07, 6.45) is 3.58. The van der Waals surface area contributed by atoms with Gasteiger partial charge in [-0.25, -0.2) is 0 Å². The lowest BCUT2D eigenvalue weighted by molar-refractivity contribution is 0.0950. The fraction of sp³-hybridized carbons (Fsp3) is 0.467. The van der Waals surface area contributed by atoms with E-state index < -0.39 is 0 Å². The molecule has 1 atom stereocenters. The van der Waals surface area contributed by atoms with Crippen LogP contribution in [0.25, 0.3) is 0 Å². The van der Waals surface area contributed by atoms with Gasteiger partial charge in [-0.1, -0.05) is 6.92 Å². The number of aromatic amines is 1. The molecule has 6 heteroatoms. The molecule has 0 bridgehead atoms. The Kier molecular flexibility index (Phi) is 4.36. The van der Waals surface area contributed by atoms with Crippen LogP contribution in [0.1, 0.15) is 45.1 Å². The molecule has 1 amide bonds. The monoisotopic (exact) mass is 305 g/mol. The molecule has 2 aromatic rings. The van der Waals surface area contributed by atoms with Crippen LogP contribution < -0.4 is 5.32 Å². The Morgan fingerprint density at radius 3 is 3.10 bits per heavy atom. The summed E-state index contributed by atoms with van der Waals surface area (Å²) in [5.74, 6) is 0.179. The summed E-state index contributed by atoms with van der Waals surface area (Å²) >= 11 is 1.74. The average molecular weight is 305 g/mol. The molecule has 5 nitrogen and oxygen atoms in total. The van der Waals surface area contributed by atoms with Gasteiger partial charge in [0.1, 0.15) is 0 Å². The number of amides is 1. The molecule has 1 fully saturated rings. The zero-order chi connectivity index (χ0) is 14.7. The van der Waals surface area contributed by atoms with E-state index in [1.165, 1.54) is 9.75 Å². The van der Waals surface area contributed by atoms with E-state index in [1.54, 1.807) is 17.5 Å². The van der Waals surface area contributed by atoms with Crippen molar-refractivity contribution in [2.45, 2.75) is 32.2 Å². The van der Waals surface area contributed by atoms with Crippen LogP contribution in [0.3, 0.4) is 0 Å². The van der Waals surface area contributed by atoms with E-state index in [0.717, 1.165) is 25.1 Å². The van der Waals surface area contributed by atoms with Crippen molar-refractivity contribution in [3.63, 3.8) is 0 Å². The third kappa shape index (κ3) is 3.16. The molecule has 112 valence electrons. The Morgan fingerprint density at radius 2 is 2.38 bits per heavy atom. The molecule has 21 heavy (non-hydrogen) atoms. The Bertz CT molecular complexity index is 614. The van der Waals surface area contributed by atoms with Gasteiger partial charge in [-0.15, -0.1) is 11.3 Å². The number of nitrogens with zero attached hydrogens (tertiary/aromatic N) is 1. The second-order valence-electron chi connectivity index (χ2n) is 5.16. The highest BCUT2D eigenvalue weighted by Gasteiger charge is 2.25. The van der Waals surface area contributed by atoms with Gasteiger partial charge >= 0.3 is 0 Å². The lowest BCUT2D eigenvalue weighted by Gasteiger charge is -2.08. The number of hydrogen-bond donors (Lipinski definition) is 2. The summed E-state index contributed by atoms with van der Waals surface area (Å²) in [4.78, 5) is 14.8. The number of aryl methyl sites for hydroxylation is 1. The Hall–Kier alpha value is -1.66. The first-order chi connectivity index (χ1) is 10.3. The van der Waals surface area contributed by atoms with Gasteiger partial charge in [-0.05, 0) is 25.0 Å². The van der Waals surface area contributed by atoms with Crippen molar-refractivity contribution < 1.29 is 9.53 Å². The molecule has 0 radical (unpaired) electrons. The molecular weight excluding hydrogens is 286 g/mol. The van der Waals surface area contributed by atoms with Crippen molar-refractivity contribution in [2.75, 3.05) is 13.2 Å². The van der Waals surface area contributed by atoms with E-state index in [4.69, 9.17) is 4.74 Å². The zero-order valence-corrected chi connectivity index (χ0v) is 12.8. The van der Waals surface area contributed by atoms with Crippen LogP contribution in [0.2, 0.25) is 0 Å². The number of nitrogens with one attached hydrogen (secondary N) is 2. The molecule has 2 aromatic heterocycles. The topological polar surface area (TPSA) is 67.0 Å². The maximum absolute atomic E-state index is 12.3. The summed E-state index contributed by atoms with van der Waals surface area (Å²) in [5.41, 5.74) is 1.53. The van der Waals surface area contributed by atoms with Crippen molar-refractivity contribution in [1.82, 2.24) is 15.5 Å². The lowest BCUT2D eigenvalue weighted by Crippen LogP contribution is -2.23. The van der Waals surface area contributed by atoms with Gasteiger partial charge in [-0.2, -0.15) is 5.10 Å². The number of ether oxygens (including phenoxy) is 1. The van der Waals surface area contributed by atoms with Gasteiger partial charge < -0.3 is 10.1 Å². The first-order valence-electron chi connectivity index (χ1n) is 7.24. The lowest BCUT2D eigenvalue weighted by atomic mass is 10.0. The number of carbonyl (C=O) groups excluding carboxylic acids is 1. The minimum absolute atomic E-state index is 0.0721. The molecule has 3 heterocycles. The smallest absolute Gasteiger partial charge is 0.255 e. The minimum Gasteiger partial charge on any atom is -0.381 e. The third-order valence-electron chi connectivity index (χ3n) is 3.74. The van der Waals surface area contributed by atoms with Crippen LogP contribution in [0.5, 0.6) is 0 Å². The van der Waals surface area contributed by atoms with Crippen LogP contribution in [0.15, 0.2) is 18.3 Å². The number of carbonyl (C=O) groups is 1. The molecule has 1 aliphatic rings. The van der Waals surface area contributed by atoms with Gasteiger partial charge in [0.05, 0.1) is 30.6 Å². The minimum atomic E-state index is -0.0721. The fourth-order valence-electron chi connectivity index (χ4n) is 2.52. The molecule has 3 rings (SSSR count). The van der Waals surface area contributed by atoms with Crippen LogP contribution in [0.4, 0.5) is 0 Å². The number of thiophene rings is 1. The Labute approximate surface area is 127 Å². The SMILES string of the molecule is CCc1ccc(CNC(=O)c2cn[nH]c2[C@@H]2CCOC2)s1. The number of aromatic nitrogens is 2. The molecule has 2 N–H and O–H groups in total. The van der Waals surface area contributed by atoms with Crippen molar-refractivity contribution >= 4 is 17.2 Å². The van der Waals surface area contributed by atoms with Gasteiger partial charge in [0, 0.05) is 22.3 Å². The normalized spacial score (nSPS) is 18.0.